The van der Waals surface area contributed by atoms with E-state index in [2.05, 4.69) is 22.1 Å². The summed E-state index contributed by atoms with van der Waals surface area (Å²) < 4.78 is 0. The van der Waals surface area contributed by atoms with Crippen LogP contribution in [0.1, 0.15) is 36.8 Å². The Hall–Kier alpha value is -1.39. The van der Waals surface area contributed by atoms with Crippen LogP contribution in [-0.4, -0.2) is 38.6 Å². The molecule has 0 aliphatic carbocycles. The lowest BCUT2D eigenvalue weighted by molar-refractivity contribution is 0.0721. The van der Waals surface area contributed by atoms with Crippen molar-refractivity contribution >= 4 is 5.91 Å². The van der Waals surface area contributed by atoms with Crippen molar-refractivity contribution in [2.24, 2.45) is 0 Å². The molecule has 5 heteroatoms. The van der Waals surface area contributed by atoms with Crippen molar-refractivity contribution in [3.8, 4) is 0 Å². The molecule has 1 aromatic heterocycles. The van der Waals surface area contributed by atoms with E-state index in [1.54, 1.807) is 0 Å². The molecule has 76 valence electrons. The SMILES string of the molecule is CCC1CCCN1C(=O)c1ncn[nH]1. The standard InChI is InChI=1S/C9H14N4O/c1-2-7-4-3-5-13(7)9(14)8-10-6-11-12-8/h6-7H,2-5H2,1H3,(H,10,11,12). The van der Waals surface area contributed by atoms with Gasteiger partial charge in [0, 0.05) is 12.6 Å². The molecule has 1 aliphatic rings. The third kappa shape index (κ3) is 1.49. The van der Waals surface area contributed by atoms with Gasteiger partial charge >= 0.3 is 0 Å². The molecule has 1 atom stereocenters. The Morgan fingerprint density at radius 3 is 3.29 bits per heavy atom. The predicted octanol–water partition coefficient (Wildman–Crippen LogP) is 0.819. The Bertz CT molecular complexity index is 309. The van der Waals surface area contributed by atoms with Gasteiger partial charge in [-0.2, -0.15) is 5.10 Å². The topological polar surface area (TPSA) is 61.9 Å². The summed E-state index contributed by atoms with van der Waals surface area (Å²) in [4.78, 5) is 17.6. The molecule has 0 radical (unpaired) electrons. The van der Waals surface area contributed by atoms with Gasteiger partial charge in [-0.1, -0.05) is 6.92 Å². The summed E-state index contributed by atoms with van der Waals surface area (Å²) in [6, 6.07) is 0.382. The number of carbonyl (C=O) groups is 1. The second-order valence-corrected chi connectivity index (χ2v) is 3.54. The third-order valence-electron chi connectivity index (χ3n) is 2.73. The zero-order valence-corrected chi connectivity index (χ0v) is 8.23. The zero-order valence-electron chi connectivity index (χ0n) is 8.23. The van der Waals surface area contributed by atoms with E-state index in [-0.39, 0.29) is 5.91 Å². The Kier molecular flexibility index (Phi) is 2.47. The molecular formula is C9H14N4O. The molecule has 1 N–H and O–H groups in total. The molecule has 2 heterocycles. The van der Waals surface area contributed by atoms with Gasteiger partial charge in [-0.15, -0.1) is 0 Å². The first-order valence-corrected chi connectivity index (χ1v) is 4.99. The molecule has 1 aromatic rings. The number of H-pyrrole nitrogens is 1. The van der Waals surface area contributed by atoms with Crippen LogP contribution in [0, 0.1) is 0 Å². The largest absolute Gasteiger partial charge is 0.333 e. The molecule has 1 unspecified atom stereocenters. The fourth-order valence-corrected chi connectivity index (χ4v) is 1.97. The summed E-state index contributed by atoms with van der Waals surface area (Å²) in [5.74, 6) is 0.331. The number of likely N-dealkylation sites (tertiary alicyclic amines) is 1. The van der Waals surface area contributed by atoms with E-state index < -0.39 is 0 Å². The summed E-state index contributed by atoms with van der Waals surface area (Å²) in [5.41, 5.74) is 0. The second-order valence-electron chi connectivity index (χ2n) is 3.54. The number of hydrogen-bond donors (Lipinski definition) is 1. The number of aromatic nitrogens is 3. The molecule has 0 saturated carbocycles. The van der Waals surface area contributed by atoms with Crippen LogP contribution in [0.2, 0.25) is 0 Å². The lowest BCUT2D eigenvalue weighted by atomic mass is 10.2. The third-order valence-corrected chi connectivity index (χ3v) is 2.73. The van der Waals surface area contributed by atoms with E-state index in [4.69, 9.17) is 0 Å². The van der Waals surface area contributed by atoms with Crippen LogP contribution in [0.25, 0.3) is 0 Å². The highest BCUT2D eigenvalue weighted by Gasteiger charge is 2.29. The molecule has 1 amide bonds. The molecule has 1 fully saturated rings. The average molecular weight is 194 g/mol. The van der Waals surface area contributed by atoms with Gasteiger partial charge in [0.25, 0.3) is 5.91 Å². The van der Waals surface area contributed by atoms with E-state index in [0.717, 1.165) is 25.8 Å². The number of hydrogen-bond acceptors (Lipinski definition) is 3. The maximum atomic E-state index is 11.9. The van der Waals surface area contributed by atoms with Crippen LogP contribution < -0.4 is 0 Å². The first-order chi connectivity index (χ1) is 6.83. The molecule has 14 heavy (non-hydrogen) atoms. The maximum absolute atomic E-state index is 11.9. The molecule has 5 nitrogen and oxygen atoms in total. The second kappa shape index (κ2) is 3.77. The molecule has 2 rings (SSSR count). The van der Waals surface area contributed by atoms with Crippen LogP contribution in [0.3, 0.4) is 0 Å². The van der Waals surface area contributed by atoms with Crippen molar-refractivity contribution in [2.45, 2.75) is 32.2 Å². The number of carbonyl (C=O) groups excluding carboxylic acids is 1. The van der Waals surface area contributed by atoms with Gasteiger partial charge in [0.2, 0.25) is 5.82 Å². The number of nitrogens with zero attached hydrogens (tertiary/aromatic N) is 3. The lowest BCUT2D eigenvalue weighted by Crippen LogP contribution is -2.35. The van der Waals surface area contributed by atoms with Crippen molar-refractivity contribution in [1.82, 2.24) is 20.1 Å². The van der Waals surface area contributed by atoms with Gasteiger partial charge in [-0.25, -0.2) is 4.98 Å². The van der Waals surface area contributed by atoms with Crippen molar-refractivity contribution in [3.63, 3.8) is 0 Å². The fourth-order valence-electron chi connectivity index (χ4n) is 1.97. The van der Waals surface area contributed by atoms with Gasteiger partial charge in [0.1, 0.15) is 6.33 Å². The molecule has 1 saturated heterocycles. The quantitative estimate of drug-likeness (QED) is 0.758. The highest BCUT2D eigenvalue weighted by molar-refractivity contribution is 5.90. The van der Waals surface area contributed by atoms with E-state index >= 15 is 0 Å². The molecule has 1 aliphatic heterocycles. The molecule has 0 aromatic carbocycles. The Morgan fingerprint density at radius 2 is 2.64 bits per heavy atom. The normalized spacial score (nSPS) is 21.5. The predicted molar refractivity (Wildman–Crippen MR) is 50.7 cm³/mol. The van der Waals surface area contributed by atoms with E-state index in [1.807, 2.05) is 4.90 Å². The van der Waals surface area contributed by atoms with E-state index in [9.17, 15) is 4.79 Å². The first-order valence-electron chi connectivity index (χ1n) is 4.99. The highest BCUT2D eigenvalue weighted by atomic mass is 16.2. The van der Waals surface area contributed by atoms with Crippen LogP contribution >= 0.6 is 0 Å². The lowest BCUT2D eigenvalue weighted by Gasteiger charge is -2.22. The number of amides is 1. The van der Waals surface area contributed by atoms with E-state index in [0.29, 0.717) is 11.9 Å². The van der Waals surface area contributed by atoms with Gasteiger partial charge in [0.05, 0.1) is 0 Å². The van der Waals surface area contributed by atoms with Crippen LogP contribution in [0.4, 0.5) is 0 Å². The van der Waals surface area contributed by atoms with E-state index in [1.165, 1.54) is 6.33 Å². The molecule has 0 bridgehead atoms. The van der Waals surface area contributed by atoms with Crippen molar-refractivity contribution < 1.29 is 4.79 Å². The summed E-state index contributed by atoms with van der Waals surface area (Å²) in [7, 11) is 0. The Balaban J connectivity index is 2.11. The monoisotopic (exact) mass is 194 g/mol. The zero-order chi connectivity index (χ0) is 9.97. The van der Waals surface area contributed by atoms with Gasteiger partial charge in [-0.3, -0.25) is 9.89 Å². The van der Waals surface area contributed by atoms with Crippen molar-refractivity contribution in [3.05, 3.63) is 12.2 Å². The van der Waals surface area contributed by atoms with Crippen molar-refractivity contribution in [1.29, 1.82) is 0 Å². The van der Waals surface area contributed by atoms with Crippen LogP contribution in [0.15, 0.2) is 6.33 Å². The number of rotatable bonds is 2. The minimum absolute atomic E-state index is 0.0214. The molecular weight excluding hydrogens is 180 g/mol. The van der Waals surface area contributed by atoms with Gasteiger partial charge in [-0.05, 0) is 19.3 Å². The smallest absolute Gasteiger partial charge is 0.291 e. The van der Waals surface area contributed by atoms with Crippen LogP contribution in [0.5, 0.6) is 0 Å². The summed E-state index contributed by atoms with van der Waals surface area (Å²) in [6.45, 7) is 2.95. The van der Waals surface area contributed by atoms with Gasteiger partial charge < -0.3 is 4.90 Å². The summed E-state index contributed by atoms with van der Waals surface area (Å²) in [6.07, 6.45) is 4.58. The Morgan fingerprint density at radius 1 is 1.79 bits per heavy atom. The summed E-state index contributed by atoms with van der Waals surface area (Å²) >= 11 is 0. The summed E-state index contributed by atoms with van der Waals surface area (Å²) in [5, 5.41) is 6.29. The Labute approximate surface area is 82.5 Å². The maximum Gasteiger partial charge on any atom is 0.291 e. The molecule has 0 spiro atoms. The fraction of sp³-hybridized carbons (Fsp3) is 0.667. The average Bonchev–Trinajstić information content (AvgIpc) is 2.87. The minimum atomic E-state index is -0.0214. The minimum Gasteiger partial charge on any atom is -0.333 e. The van der Waals surface area contributed by atoms with Crippen LogP contribution in [-0.2, 0) is 0 Å². The number of aromatic amines is 1. The number of nitrogens with one attached hydrogen (secondary N) is 1. The van der Waals surface area contributed by atoms with Crippen molar-refractivity contribution in [2.75, 3.05) is 6.54 Å². The first kappa shape index (κ1) is 9.18. The van der Waals surface area contributed by atoms with Gasteiger partial charge in [0.15, 0.2) is 0 Å². The highest BCUT2D eigenvalue weighted by Crippen LogP contribution is 2.20.